The van der Waals surface area contributed by atoms with Crippen LogP contribution < -0.4 is 0 Å². The molecule has 1 aromatic rings. The lowest BCUT2D eigenvalue weighted by atomic mass is 10.1. The second-order valence-corrected chi connectivity index (χ2v) is 5.11. The first-order valence-corrected chi connectivity index (χ1v) is 5.56. The molecular weight excluding hydrogens is 275 g/mol. The molecule has 0 fully saturated rings. The largest absolute Gasteiger partial charge is 0.300 e. The minimum absolute atomic E-state index is 0.221. The van der Waals surface area contributed by atoms with Gasteiger partial charge in [0.1, 0.15) is 5.78 Å². The van der Waals surface area contributed by atoms with Gasteiger partial charge in [0.25, 0.3) is 0 Å². The summed E-state index contributed by atoms with van der Waals surface area (Å²) in [4.78, 5) is 10.9. The van der Waals surface area contributed by atoms with Gasteiger partial charge in [-0.15, -0.1) is 0 Å². The lowest BCUT2D eigenvalue weighted by Gasteiger charge is -2.05. The highest BCUT2D eigenvalue weighted by atomic mass is 127. The van der Waals surface area contributed by atoms with Crippen LogP contribution in [0.4, 0.5) is 0 Å². The molecule has 0 radical (unpaired) electrons. The van der Waals surface area contributed by atoms with Crippen LogP contribution in [0.1, 0.15) is 28.9 Å². The van der Waals surface area contributed by atoms with E-state index in [0.717, 1.165) is 5.56 Å². The van der Waals surface area contributed by atoms with Gasteiger partial charge in [-0.2, -0.15) is 0 Å². The van der Waals surface area contributed by atoms with Gasteiger partial charge in [0, 0.05) is 10.3 Å². The van der Waals surface area contributed by atoms with Gasteiger partial charge >= 0.3 is 0 Å². The van der Waals surface area contributed by atoms with Gasteiger partial charge in [-0.05, 0) is 25.0 Å². The molecule has 0 saturated carbocycles. The molecule has 2 heteroatoms. The third kappa shape index (κ3) is 3.46. The summed E-state index contributed by atoms with van der Waals surface area (Å²) in [6.07, 6.45) is 0.553. The SMILES string of the molecule is CC(=O)Cc1cccc(C(C)I)c1. The molecule has 1 nitrogen and oxygen atoms in total. The number of carbonyl (C=O) groups is 1. The molecule has 0 bridgehead atoms. The number of alkyl halides is 1. The Labute approximate surface area is 92.7 Å². The van der Waals surface area contributed by atoms with Gasteiger partial charge < -0.3 is 0 Å². The van der Waals surface area contributed by atoms with E-state index in [1.807, 2.05) is 12.1 Å². The molecule has 1 rings (SSSR count). The Hall–Kier alpha value is -0.380. The molecule has 0 aliphatic rings. The monoisotopic (exact) mass is 288 g/mol. The van der Waals surface area contributed by atoms with Crippen molar-refractivity contribution in [2.45, 2.75) is 24.2 Å². The van der Waals surface area contributed by atoms with Gasteiger partial charge in [-0.3, -0.25) is 4.79 Å². The minimum Gasteiger partial charge on any atom is -0.300 e. The Kier molecular flexibility index (Phi) is 3.90. The zero-order valence-electron chi connectivity index (χ0n) is 7.88. The smallest absolute Gasteiger partial charge is 0.134 e. The maximum atomic E-state index is 10.9. The second kappa shape index (κ2) is 4.74. The Morgan fingerprint density at radius 1 is 1.54 bits per heavy atom. The first-order chi connectivity index (χ1) is 6.09. The molecule has 0 saturated heterocycles. The topological polar surface area (TPSA) is 17.1 Å². The summed E-state index contributed by atoms with van der Waals surface area (Å²) >= 11 is 2.37. The number of ketones is 1. The lowest BCUT2D eigenvalue weighted by Crippen LogP contribution is -1.97. The fourth-order valence-electron chi connectivity index (χ4n) is 1.24. The number of hydrogen-bond donors (Lipinski definition) is 0. The fourth-order valence-corrected chi connectivity index (χ4v) is 1.63. The number of benzene rings is 1. The van der Waals surface area contributed by atoms with Crippen LogP contribution in [0, 0.1) is 0 Å². The van der Waals surface area contributed by atoms with Gasteiger partial charge in [0.15, 0.2) is 0 Å². The molecule has 0 aliphatic heterocycles. The fraction of sp³-hybridized carbons (Fsp3) is 0.364. The highest BCUT2D eigenvalue weighted by Gasteiger charge is 2.02. The molecule has 0 heterocycles. The van der Waals surface area contributed by atoms with E-state index < -0.39 is 0 Å². The normalized spacial score (nSPS) is 12.5. The molecule has 1 atom stereocenters. The van der Waals surface area contributed by atoms with Crippen LogP contribution >= 0.6 is 22.6 Å². The highest BCUT2D eigenvalue weighted by molar-refractivity contribution is 14.1. The van der Waals surface area contributed by atoms with E-state index in [9.17, 15) is 4.79 Å². The van der Waals surface area contributed by atoms with Gasteiger partial charge in [-0.1, -0.05) is 46.9 Å². The van der Waals surface area contributed by atoms with E-state index in [-0.39, 0.29) is 5.78 Å². The first-order valence-electron chi connectivity index (χ1n) is 4.32. The van der Waals surface area contributed by atoms with Gasteiger partial charge in [0.05, 0.1) is 0 Å². The first kappa shape index (κ1) is 10.7. The molecule has 0 aromatic heterocycles. The predicted molar refractivity (Wildman–Crippen MR) is 63.3 cm³/mol. The zero-order valence-corrected chi connectivity index (χ0v) is 10.0. The van der Waals surface area contributed by atoms with Crippen LogP contribution in [0.5, 0.6) is 0 Å². The minimum atomic E-state index is 0.221. The zero-order chi connectivity index (χ0) is 9.84. The maximum absolute atomic E-state index is 10.9. The molecular formula is C11H13IO. The van der Waals surface area contributed by atoms with Crippen molar-refractivity contribution in [3.63, 3.8) is 0 Å². The standard InChI is InChI=1S/C11H13IO/c1-8(13)6-10-4-3-5-11(7-10)9(2)12/h3-5,7,9H,6H2,1-2H3. The Morgan fingerprint density at radius 3 is 2.77 bits per heavy atom. The van der Waals surface area contributed by atoms with Crippen molar-refractivity contribution in [1.29, 1.82) is 0 Å². The number of hydrogen-bond acceptors (Lipinski definition) is 1. The van der Waals surface area contributed by atoms with E-state index in [1.165, 1.54) is 5.56 Å². The molecule has 1 unspecified atom stereocenters. The molecule has 70 valence electrons. The van der Waals surface area contributed by atoms with Crippen molar-refractivity contribution in [3.8, 4) is 0 Å². The number of Topliss-reactive ketones (excluding diaryl/α,β-unsaturated/α-hetero) is 1. The molecule has 13 heavy (non-hydrogen) atoms. The lowest BCUT2D eigenvalue weighted by molar-refractivity contribution is -0.116. The predicted octanol–water partition coefficient (Wildman–Crippen LogP) is 3.31. The summed E-state index contributed by atoms with van der Waals surface area (Å²) in [5.41, 5.74) is 2.41. The number of carbonyl (C=O) groups excluding carboxylic acids is 1. The van der Waals surface area contributed by atoms with E-state index in [0.29, 0.717) is 10.3 Å². The van der Waals surface area contributed by atoms with E-state index >= 15 is 0 Å². The van der Waals surface area contributed by atoms with Crippen LogP contribution in [-0.2, 0) is 11.2 Å². The number of rotatable bonds is 3. The van der Waals surface area contributed by atoms with Crippen molar-refractivity contribution >= 4 is 28.4 Å². The van der Waals surface area contributed by atoms with Crippen LogP contribution in [0.2, 0.25) is 0 Å². The highest BCUT2D eigenvalue weighted by Crippen LogP contribution is 2.22. The summed E-state index contributed by atoms with van der Waals surface area (Å²) in [5.74, 6) is 0.221. The summed E-state index contributed by atoms with van der Waals surface area (Å²) < 4.78 is 0.504. The van der Waals surface area contributed by atoms with E-state index in [4.69, 9.17) is 0 Å². The van der Waals surface area contributed by atoms with Crippen molar-refractivity contribution in [1.82, 2.24) is 0 Å². The molecule has 1 aromatic carbocycles. The van der Waals surface area contributed by atoms with Crippen LogP contribution in [0.3, 0.4) is 0 Å². The summed E-state index contributed by atoms with van der Waals surface area (Å²) in [6, 6.07) is 8.23. The van der Waals surface area contributed by atoms with Crippen LogP contribution in [0.15, 0.2) is 24.3 Å². The Morgan fingerprint density at radius 2 is 2.23 bits per heavy atom. The van der Waals surface area contributed by atoms with Crippen molar-refractivity contribution < 1.29 is 4.79 Å². The van der Waals surface area contributed by atoms with E-state index in [1.54, 1.807) is 6.92 Å². The average molecular weight is 288 g/mol. The Bertz CT molecular complexity index is 305. The summed E-state index contributed by atoms with van der Waals surface area (Å²) in [5, 5.41) is 0. The van der Waals surface area contributed by atoms with Gasteiger partial charge in [0.2, 0.25) is 0 Å². The average Bonchev–Trinajstić information content (AvgIpc) is 2.03. The van der Waals surface area contributed by atoms with Crippen molar-refractivity contribution in [3.05, 3.63) is 35.4 Å². The summed E-state index contributed by atoms with van der Waals surface area (Å²) in [6.45, 7) is 3.77. The van der Waals surface area contributed by atoms with Gasteiger partial charge in [-0.25, -0.2) is 0 Å². The maximum Gasteiger partial charge on any atom is 0.134 e. The third-order valence-corrected chi connectivity index (χ3v) is 2.58. The number of halogens is 1. The molecule has 0 spiro atoms. The Balaban J connectivity index is 2.85. The summed E-state index contributed by atoms with van der Waals surface area (Å²) in [7, 11) is 0. The van der Waals surface area contributed by atoms with Crippen molar-refractivity contribution in [2.75, 3.05) is 0 Å². The second-order valence-electron chi connectivity index (χ2n) is 3.24. The third-order valence-electron chi connectivity index (χ3n) is 1.86. The van der Waals surface area contributed by atoms with Crippen molar-refractivity contribution in [2.24, 2.45) is 0 Å². The van der Waals surface area contributed by atoms with E-state index in [2.05, 4.69) is 41.6 Å². The molecule has 0 N–H and O–H groups in total. The van der Waals surface area contributed by atoms with Crippen LogP contribution in [-0.4, -0.2) is 5.78 Å². The molecule has 0 amide bonds. The quantitative estimate of drug-likeness (QED) is 0.616. The van der Waals surface area contributed by atoms with Crippen LogP contribution in [0.25, 0.3) is 0 Å². The molecule has 0 aliphatic carbocycles.